The summed E-state index contributed by atoms with van der Waals surface area (Å²) in [4.78, 5) is 23.2. The van der Waals surface area contributed by atoms with Crippen LogP contribution in [0.2, 0.25) is 0 Å². The Kier molecular flexibility index (Phi) is 3.86. The first-order valence-corrected chi connectivity index (χ1v) is 7.24. The van der Waals surface area contributed by atoms with E-state index in [9.17, 15) is 9.59 Å². The smallest absolute Gasteiger partial charge is 0.258 e. The highest BCUT2D eigenvalue weighted by Gasteiger charge is 2.17. The van der Waals surface area contributed by atoms with E-state index >= 15 is 0 Å². The summed E-state index contributed by atoms with van der Waals surface area (Å²) in [6.07, 6.45) is 3.07. The molecule has 22 heavy (non-hydrogen) atoms. The van der Waals surface area contributed by atoms with Crippen molar-refractivity contribution in [1.82, 2.24) is 14.8 Å². The Bertz CT molecular complexity index is 705. The summed E-state index contributed by atoms with van der Waals surface area (Å²) in [6.45, 7) is 2.27. The number of amides is 2. The van der Waals surface area contributed by atoms with Crippen molar-refractivity contribution in [2.24, 2.45) is 0 Å². The van der Waals surface area contributed by atoms with Crippen LogP contribution in [-0.4, -0.2) is 26.6 Å². The number of hydrogen-bond acceptors (Lipinski definition) is 4. The Morgan fingerprint density at radius 2 is 1.86 bits per heavy atom. The molecule has 0 radical (unpaired) electrons. The average molecular weight is 299 g/mol. The molecular formula is C15H17N5O2. The van der Waals surface area contributed by atoms with E-state index in [0.29, 0.717) is 17.2 Å². The van der Waals surface area contributed by atoms with Crippen LogP contribution in [0.5, 0.6) is 0 Å². The Hall–Kier alpha value is -2.70. The molecule has 0 saturated carbocycles. The van der Waals surface area contributed by atoms with Crippen LogP contribution >= 0.6 is 0 Å². The molecule has 2 aromatic rings. The van der Waals surface area contributed by atoms with Gasteiger partial charge in [-0.1, -0.05) is 0 Å². The zero-order valence-electron chi connectivity index (χ0n) is 12.3. The molecule has 0 aliphatic carbocycles. The van der Waals surface area contributed by atoms with Crippen molar-refractivity contribution in [3.63, 3.8) is 0 Å². The molecule has 1 aromatic carbocycles. The third-order valence-corrected chi connectivity index (χ3v) is 3.55. The van der Waals surface area contributed by atoms with Gasteiger partial charge in [0.25, 0.3) is 5.91 Å². The molecule has 1 aliphatic rings. The molecule has 0 bridgehead atoms. The molecule has 2 heterocycles. The van der Waals surface area contributed by atoms with Crippen molar-refractivity contribution in [1.29, 1.82) is 0 Å². The van der Waals surface area contributed by atoms with Crippen LogP contribution in [0, 0.1) is 0 Å². The SMILES string of the molecule is CC(=O)Nc1ccc(C(=O)Nc2nnc3n2CCCC3)cc1. The molecule has 2 N–H and O–H groups in total. The highest BCUT2D eigenvalue weighted by Crippen LogP contribution is 2.18. The van der Waals surface area contributed by atoms with E-state index in [4.69, 9.17) is 0 Å². The molecule has 3 rings (SSSR count). The fourth-order valence-electron chi connectivity index (χ4n) is 2.48. The van der Waals surface area contributed by atoms with Gasteiger partial charge in [-0.3, -0.25) is 19.5 Å². The van der Waals surface area contributed by atoms with Gasteiger partial charge in [0.1, 0.15) is 5.82 Å². The lowest BCUT2D eigenvalue weighted by Gasteiger charge is -2.14. The third kappa shape index (κ3) is 2.98. The normalized spacial score (nSPS) is 13.3. The molecule has 1 aromatic heterocycles. The van der Waals surface area contributed by atoms with E-state index in [0.717, 1.165) is 31.6 Å². The lowest BCUT2D eigenvalue weighted by molar-refractivity contribution is -0.114. The minimum atomic E-state index is -0.241. The quantitative estimate of drug-likeness (QED) is 0.904. The van der Waals surface area contributed by atoms with Gasteiger partial charge in [0.15, 0.2) is 0 Å². The van der Waals surface area contributed by atoms with Crippen LogP contribution in [-0.2, 0) is 17.8 Å². The maximum absolute atomic E-state index is 12.3. The number of rotatable bonds is 3. The molecule has 114 valence electrons. The van der Waals surface area contributed by atoms with Crippen molar-refractivity contribution in [2.45, 2.75) is 32.7 Å². The van der Waals surface area contributed by atoms with Crippen molar-refractivity contribution in [2.75, 3.05) is 10.6 Å². The minimum absolute atomic E-state index is 0.146. The minimum Gasteiger partial charge on any atom is -0.326 e. The van der Waals surface area contributed by atoms with Crippen molar-refractivity contribution >= 4 is 23.5 Å². The lowest BCUT2D eigenvalue weighted by Crippen LogP contribution is -2.18. The monoisotopic (exact) mass is 299 g/mol. The first-order chi connectivity index (χ1) is 10.6. The Balaban J connectivity index is 1.71. The van der Waals surface area contributed by atoms with Crippen LogP contribution < -0.4 is 10.6 Å². The fourth-order valence-corrected chi connectivity index (χ4v) is 2.48. The van der Waals surface area contributed by atoms with Gasteiger partial charge in [-0.05, 0) is 37.1 Å². The Labute approximate surface area is 127 Å². The van der Waals surface area contributed by atoms with Crippen molar-refractivity contribution in [3.8, 4) is 0 Å². The largest absolute Gasteiger partial charge is 0.326 e. The van der Waals surface area contributed by atoms with Gasteiger partial charge in [-0.2, -0.15) is 0 Å². The molecular weight excluding hydrogens is 282 g/mol. The standard InChI is InChI=1S/C15H17N5O2/c1-10(21)16-12-7-5-11(6-8-12)14(22)17-15-19-18-13-4-2-3-9-20(13)15/h5-8H,2-4,9H2,1H3,(H,16,21)(H,17,19,22). The Morgan fingerprint density at radius 3 is 2.59 bits per heavy atom. The molecule has 0 unspecified atom stereocenters. The summed E-state index contributed by atoms with van der Waals surface area (Å²) in [6, 6.07) is 6.70. The van der Waals surface area contributed by atoms with Gasteiger partial charge < -0.3 is 5.32 Å². The molecule has 0 fully saturated rings. The maximum Gasteiger partial charge on any atom is 0.258 e. The lowest BCUT2D eigenvalue weighted by atomic mass is 10.2. The highest BCUT2D eigenvalue weighted by atomic mass is 16.2. The van der Waals surface area contributed by atoms with E-state index in [2.05, 4.69) is 20.8 Å². The van der Waals surface area contributed by atoms with Crippen molar-refractivity contribution < 1.29 is 9.59 Å². The maximum atomic E-state index is 12.3. The van der Waals surface area contributed by atoms with Crippen LogP contribution in [0.4, 0.5) is 11.6 Å². The van der Waals surface area contributed by atoms with E-state index in [-0.39, 0.29) is 11.8 Å². The number of fused-ring (bicyclic) bond motifs is 1. The predicted octanol–water partition coefficient (Wildman–Crippen LogP) is 1.83. The van der Waals surface area contributed by atoms with Gasteiger partial charge >= 0.3 is 0 Å². The second-order valence-corrected chi connectivity index (χ2v) is 5.26. The van der Waals surface area contributed by atoms with Crippen LogP contribution in [0.1, 0.15) is 35.9 Å². The number of aryl methyl sites for hydroxylation is 1. The average Bonchev–Trinajstić information content (AvgIpc) is 2.91. The number of nitrogens with zero attached hydrogens (tertiary/aromatic N) is 3. The zero-order chi connectivity index (χ0) is 15.5. The number of nitrogens with one attached hydrogen (secondary N) is 2. The summed E-state index contributed by atoms with van der Waals surface area (Å²) in [7, 11) is 0. The fraction of sp³-hybridized carbons (Fsp3) is 0.333. The second-order valence-electron chi connectivity index (χ2n) is 5.26. The molecule has 0 atom stereocenters. The second kappa shape index (κ2) is 5.97. The van der Waals surface area contributed by atoms with Gasteiger partial charge in [0.05, 0.1) is 0 Å². The van der Waals surface area contributed by atoms with E-state index in [1.54, 1.807) is 24.3 Å². The van der Waals surface area contributed by atoms with Crippen LogP contribution in [0.3, 0.4) is 0 Å². The molecule has 0 spiro atoms. The number of carbonyl (C=O) groups excluding carboxylic acids is 2. The van der Waals surface area contributed by atoms with E-state index < -0.39 is 0 Å². The van der Waals surface area contributed by atoms with Gasteiger partial charge in [-0.15, -0.1) is 10.2 Å². The molecule has 2 amide bonds. The van der Waals surface area contributed by atoms with Gasteiger partial charge in [-0.25, -0.2) is 0 Å². The summed E-state index contributed by atoms with van der Waals surface area (Å²) in [5.41, 5.74) is 1.16. The number of anilines is 2. The highest BCUT2D eigenvalue weighted by molar-refractivity contribution is 6.03. The summed E-state index contributed by atoms with van der Waals surface area (Å²) in [5.74, 6) is 1.02. The number of aromatic nitrogens is 3. The third-order valence-electron chi connectivity index (χ3n) is 3.55. The summed E-state index contributed by atoms with van der Waals surface area (Å²) < 4.78 is 1.95. The predicted molar refractivity (Wildman–Crippen MR) is 81.7 cm³/mol. The molecule has 7 nitrogen and oxygen atoms in total. The zero-order valence-corrected chi connectivity index (χ0v) is 12.3. The van der Waals surface area contributed by atoms with Gasteiger partial charge in [0.2, 0.25) is 11.9 Å². The number of benzene rings is 1. The van der Waals surface area contributed by atoms with E-state index in [1.165, 1.54) is 6.92 Å². The summed E-state index contributed by atoms with van der Waals surface area (Å²) in [5, 5.41) is 13.6. The van der Waals surface area contributed by atoms with Gasteiger partial charge in [0, 0.05) is 31.1 Å². The summed E-state index contributed by atoms with van der Waals surface area (Å²) >= 11 is 0. The number of carbonyl (C=O) groups is 2. The Morgan fingerprint density at radius 1 is 1.09 bits per heavy atom. The van der Waals surface area contributed by atoms with E-state index in [1.807, 2.05) is 4.57 Å². The topological polar surface area (TPSA) is 88.9 Å². The van der Waals surface area contributed by atoms with Crippen LogP contribution in [0.15, 0.2) is 24.3 Å². The molecule has 0 saturated heterocycles. The first kappa shape index (κ1) is 14.2. The molecule has 7 heteroatoms. The molecule has 1 aliphatic heterocycles. The first-order valence-electron chi connectivity index (χ1n) is 7.24. The number of hydrogen-bond donors (Lipinski definition) is 2. The van der Waals surface area contributed by atoms with Crippen molar-refractivity contribution in [3.05, 3.63) is 35.7 Å². The van der Waals surface area contributed by atoms with Crippen LogP contribution in [0.25, 0.3) is 0 Å².